The van der Waals surface area contributed by atoms with Crippen LogP contribution in [0.25, 0.3) is 11.6 Å². The fourth-order valence-electron chi connectivity index (χ4n) is 1.95. The summed E-state index contributed by atoms with van der Waals surface area (Å²) in [4.78, 5) is 21.8. The average Bonchev–Trinajstić information content (AvgIpc) is 2.52. The van der Waals surface area contributed by atoms with Crippen LogP contribution < -0.4 is 0 Å². The normalized spacial score (nSPS) is 11.5. The molecule has 0 bridgehead atoms. The van der Waals surface area contributed by atoms with Gasteiger partial charge in [-0.05, 0) is 41.0 Å². The molecule has 0 fully saturated rings. The van der Waals surface area contributed by atoms with E-state index in [1.165, 1.54) is 18.2 Å². The predicted octanol–water partition coefficient (Wildman–Crippen LogP) is 3.57. The Hall–Kier alpha value is -3.14. The maximum absolute atomic E-state index is 11.1. The van der Waals surface area contributed by atoms with Crippen LogP contribution in [0.4, 0.5) is 0 Å². The van der Waals surface area contributed by atoms with Gasteiger partial charge in [-0.15, -0.1) is 0 Å². The van der Waals surface area contributed by atoms with Crippen molar-refractivity contribution in [2.45, 2.75) is 0 Å². The van der Waals surface area contributed by atoms with Crippen molar-refractivity contribution in [2.24, 2.45) is 0 Å². The van der Waals surface area contributed by atoms with Crippen LogP contribution in [-0.2, 0) is 4.79 Å². The number of allylic oxidation sites excluding steroid dienone is 2. The molecule has 0 aliphatic rings. The van der Waals surface area contributed by atoms with E-state index in [1.807, 2.05) is 30.3 Å². The van der Waals surface area contributed by atoms with Crippen molar-refractivity contribution in [2.75, 3.05) is 0 Å². The number of aromatic carboxylic acids is 1. The van der Waals surface area contributed by atoms with Crippen molar-refractivity contribution >= 4 is 23.6 Å². The molecule has 0 heterocycles. The largest absolute Gasteiger partial charge is 0.478 e. The Bertz CT molecular complexity index is 743. The molecule has 110 valence electrons. The lowest BCUT2D eigenvalue weighted by Gasteiger charge is -2.05. The van der Waals surface area contributed by atoms with Gasteiger partial charge in [-0.2, -0.15) is 0 Å². The minimum absolute atomic E-state index is 0.153. The van der Waals surface area contributed by atoms with Crippen LogP contribution in [0.1, 0.15) is 21.5 Å². The first-order chi connectivity index (χ1) is 10.6. The van der Waals surface area contributed by atoms with E-state index in [2.05, 4.69) is 0 Å². The third kappa shape index (κ3) is 4.18. The Morgan fingerprint density at radius 3 is 2.14 bits per heavy atom. The summed E-state index contributed by atoms with van der Waals surface area (Å²) in [5, 5.41) is 17.9. The van der Waals surface area contributed by atoms with Crippen molar-refractivity contribution in [3.05, 3.63) is 83.4 Å². The van der Waals surface area contributed by atoms with Crippen LogP contribution in [0.3, 0.4) is 0 Å². The monoisotopic (exact) mass is 294 g/mol. The van der Waals surface area contributed by atoms with Gasteiger partial charge in [-0.25, -0.2) is 9.59 Å². The fraction of sp³-hybridized carbons (Fsp3) is 0. The molecule has 0 aliphatic heterocycles. The predicted molar refractivity (Wildman–Crippen MR) is 84.5 cm³/mol. The number of carbonyl (C=O) groups is 2. The quantitative estimate of drug-likeness (QED) is 0.502. The van der Waals surface area contributed by atoms with E-state index >= 15 is 0 Å². The first kappa shape index (κ1) is 15.3. The maximum atomic E-state index is 11.1. The molecule has 0 radical (unpaired) electrons. The van der Waals surface area contributed by atoms with Gasteiger partial charge in [-0.1, -0.05) is 42.5 Å². The lowest BCUT2D eigenvalue weighted by atomic mass is 10.00. The summed E-state index contributed by atoms with van der Waals surface area (Å²) in [7, 11) is 0. The van der Waals surface area contributed by atoms with Crippen molar-refractivity contribution in [1.82, 2.24) is 0 Å². The third-order valence-electron chi connectivity index (χ3n) is 2.97. The van der Waals surface area contributed by atoms with Gasteiger partial charge in [0.1, 0.15) is 0 Å². The molecule has 0 unspecified atom stereocenters. The Morgan fingerprint density at radius 1 is 0.818 bits per heavy atom. The highest BCUT2D eigenvalue weighted by atomic mass is 16.4. The van der Waals surface area contributed by atoms with E-state index in [4.69, 9.17) is 10.2 Å². The smallest absolute Gasteiger partial charge is 0.335 e. The highest BCUT2D eigenvalue weighted by Gasteiger charge is 2.06. The summed E-state index contributed by atoms with van der Waals surface area (Å²) in [6, 6.07) is 15.8. The van der Waals surface area contributed by atoms with E-state index in [9.17, 15) is 9.59 Å². The zero-order chi connectivity index (χ0) is 15.9. The fourth-order valence-corrected chi connectivity index (χ4v) is 1.95. The zero-order valence-corrected chi connectivity index (χ0v) is 11.6. The van der Waals surface area contributed by atoms with E-state index in [-0.39, 0.29) is 5.56 Å². The first-order valence-electron chi connectivity index (χ1n) is 6.58. The average molecular weight is 294 g/mol. The van der Waals surface area contributed by atoms with Gasteiger partial charge in [-0.3, -0.25) is 0 Å². The molecule has 0 amide bonds. The second-order valence-corrected chi connectivity index (χ2v) is 4.57. The summed E-state index contributed by atoms with van der Waals surface area (Å²) in [5.41, 5.74) is 2.31. The summed E-state index contributed by atoms with van der Waals surface area (Å²) >= 11 is 0. The van der Waals surface area contributed by atoms with Gasteiger partial charge in [0.05, 0.1) is 5.56 Å². The van der Waals surface area contributed by atoms with Crippen LogP contribution in [0.2, 0.25) is 0 Å². The molecule has 0 aliphatic carbocycles. The Morgan fingerprint density at radius 2 is 1.50 bits per heavy atom. The molecule has 2 aromatic rings. The maximum Gasteiger partial charge on any atom is 0.335 e. The SMILES string of the molecule is O=C(O)/C=C\C(=C\c1ccccc1)c1cccc(C(=O)O)c1. The van der Waals surface area contributed by atoms with Gasteiger partial charge in [0, 0.05) is 6.08 Å². The van der Waals surface area contributed by atoms with Crippen molar-refractivity contribution in [3.8, 4) is 0 Å². The summed E-state index contributed by atoms with van der Waals surface area (Å²) < 4.78 is 0. The molecule has 2 rings (SSSR count). The van der Waals surface area contributed by atoms with Gasteiger partial charge < -0.3 is 10.2 Å². The van der Waals surface area contributed by atoms with Crippen LogP contribution in [0.5, 0.6) is 0 Å². The molecule has 4 nitrogen and oxygen atoms in total. The van der Waals surface area contributed by atoms with Crippen LogP contribution in [-0.4, -0.2) is 22.2 Å². The molecular weight excluding hydrogens is 280 g/mol. The highest BCUT2D eigenvalue weighted by molar-refractivity contribution is 5.94. The molecule has 4 heteroatoms. The number of carboxylic acid groups (broad SMARTS) is 2. The molecule has 22 heavy (non-hydrogen) atoms. The molecule has 0 atom stereocenters. The Kier molecular flexibility index (Phi) is 4.88. The molecular formula is C18H14O4. The molecule has 2 aromatic carbocycles. The van der Waals surface area contributed by atoms with Gasteiger partial charge in [0.25, 0.3) is 0 Å². The van der Waals surface area contributed by atoms with Crippen LogP contribution in [0.15, 0.2) is 66.7 Å². The van der Waals surface area contributed by atoms with E-state index in [1.54, 1.807) is 18.2 Å². The summed E-state index contributed by atoms with van der Waals surface area (Å²) in [5.74, 6) is -2.09. The number of hydrogen-bond acceptors (Lipinski definition) is 2. The zero-order valence-electron chi connectivity index (χ0n) is 11.6. The number of carboxylic acids is 2. The van der Waals surface area contributed by atoms with Crippen LogP contribution >= 0.6 is 0 Å². The Balaban J connectivity index is 2.49. The second kappa shape index (κ2) is 7.04. The number of benzene rings is 2. The first-order valence-corrected chi connectivity index (χ1v) is 6.58. The van der Waals surface area contributed by atoms with Gasteiger partial charge >= 0.3 is 11.9 Å². The Labute approximate surface area is 127 Å². The second-order valence-electron chi connectivity index (χ2n) is 4.57. The van der Waals surface area contributed by atoms with E-state index < -0.39 is 11.9 Å². The third-order valence-corrected chi connectivity index (χ3v) is 2.97. The molecule has 0 spiro atoms. The number of aliphatic carboxylic acids is 1. The molecule has 2 N–H and O–H groups in total. The lowest BCUT2D eigenvalue weighted by molar-refractivity contribution is -0.131. The number of hydrogen-bond donors (Lipinski definition) is 2. The minimum atomic E-state index is -1.06. The minimum Gasteiger partial charge on any atom is -0.478 e. The summed E-state index contributed by atoms with van der Waals surface area (Å²) in [6.45, 7) is 0. The summed E-state index contributed by atoms with van der Waals surface area (Å²) in [6.07, 6.45) is 4.29. The van der Waals surface area contributed by atoms with Crippen molar-refractivity contribution in [1.29, 1.82) is 0 Å². The van der Waals surface area contributed by atoms with Crippen LogP contribution in [0, 0.1) is 0 Å². The topological polar surface area (TPSA) is 74.6 Å². The van der Waals surface area contributed by atoms with E-state index in [0.717, 1.165) is 11.6 Å². The molecule has 0 saturated heterocycles. The highest BCUT2D eigenvalue weighted by Crippen LogP contribution is 2.21. The van der Waals surface area contributed by atoms with Gasteiger partial charge in [0.2, 0.25) is 0 Å². The van der Waals surface area contributed by atoms with Gasteiger partial charge in [0.15, 0.2) is 0 Å². The number of rotatable bonds is 5. The molecule has 0 saturated carbocycles. The van der Waals surface area contributed by atoms with Crippen molar-refractivity contribution in [3.63, 3.8) is 0 Å². The molecule has 0 aromatic heterocycles. The lowest BCUT2D eigenvalue weighted by Crippen LogP contribution is -1.97. The van der Waals surface area contributed by atoms with E-state index in [0.29, 0.717) is 11.1 Å². The standard InChI is InChI=1S/C18H14O4/c19-17(20)10-9-15(11-13-5-2-1-3-6-13)14-7-4-8-16(12-14)18(21)22/h1-12H,(H,19,20)(H,21,22)/b10-9-,15-11-. The van der Waals surface area contributed by atoms with Crippen molar-refractivity contribution < 1.29 is 19.8 Å².